The molecule has 2 nitrogen and oxygen atoms in total. The molecule has 0 unspecified atom stereocenters. The fourth-order valence-electron chi connectivity index (χ4n) is 7.33. The van der Waals surface area contributed by atoms with Crippen LogP contribution in [0.1, 0.15) is 5.82 Å². The number of hydrogen-bond donors (Lipinski definition) is 0. The van der Waals surface area contributed by atoms with Crippen LogP contribution in [0.25, 0.3) is 82.8 Å². The van der Waals surface area contributed by atoms with E-state index in [1.54, 1.807) is 0 Å². The summed E-state index contributed by atoms with van der Waals surface area (Å²) in [6.45, 7) is 2.09. The lowest BCUT2D eigenvalue weighted by atomic mass is 9.84. The number of para-hydroxylation sites is 1. The van der Waals surface area contributed by atoms with Crippen molar-refractivity contribution in [2.75, 3.05) is 0 Å². The van der Waals surface area contributed by atoms with Crippen molar-refractivity contribution in [3.05, 3.63) is 182 Å². The van der Waals surface area contributed by atoms with E-state index in [4.69, 9.17) is 4.98 Å². The van der Waals surface area contributed by atoms with Crippen molar-refractivity contribution in [2.45, 2.75) is 6.92 Å². The molecule has 0 amide bonds. The second-order valence-corrected chi connectivity index (χ2v) is 12.4. The number of hydrogen-bond acceptors (Lipinski definition) is 1. The molecule has 0 radical (unpaired) electrons. The van der Waals surface area contributed by atoms with Crippen LogP contribution in [0.4, 0.5) is 0 Å². The summed E-state index contributed by atoms with van der Waals surface area (Å²) in [6.07, 6.45) is 0. The molecule has 9 rings (SSSR count). The van der Waals surface area contributed by atoms with Crippen LogP contribution in [-0.2, 0) is 0 Å². The summed E-state index contributed by atoms with van der Waals surface area (Å²) >= 11 is 0. The number of fused-ring (bicyclic) bond motifs is 3. The van der Waals surface area contributed by atoms with E-state index in [0.717, 1.165) is 22.5 Å². The second kappa shape index (κ2) is 11.5. The minimum absolute atomic E-state index is 0.973. The predicted octanol–water partition coefficient (Wildman–Crippen LogP) is 12.3. The van der Waals surface area contributed by atoms with Crippen molar-refractivity contribution in [1.82, 2.24) is 9.55 Å². The lowest BCUT2D eigenvalue weighted by Gasteiger charge is -2.20. The first-order valence-electron chi connectivity index (χ1n) is 16.5. The molecule has 9 aromatic rings. The molecule has 0 saturated carbocycles. The molecule has 2 heteroatoms. The van der Waals surface area contributed by atoms with E-state index < -0.39 is 0 Å². The van der Waals surface area contributed by atoms with E-state index in [1.807, 2.05) is 0 Å². The molecular formula is C46H32N2. The van der Waals surface area contributed by atoms with Crippen LogP contribution in [0.15, 0.2) is 176 Å². The van der Waals surface area contributed by atoms with Gasteiger partial charge in [-0.1, -0.05) is 140 Å². The van der Waals surface area contributed by atoms with Crippen LogP contribution in [0.3, 0.4) is 0 Å². The Balaban J connectivity index is 1.42. The second-order valence-electron chi connectivity index (χ2n) is 12.4. The molecule has 1 heterocycles. The van der Waals surface area contributed by atoms with Gasteiger partial charge >= 0.3 is 0 Å². The zero-order valence-electron chi connectivity index (χ0n) is 26.6. The highest BCUT2D eigenvalue weighted by Gasteiger charge is 2.20. The first kappa shape index (κ1) is 28.0. The van der Waals surface area contributed by atoms with Gasteiger partial charge in [-0.2, -0.15) is 0 Å². The third-order valence-electron chi connectivity index (χ3n) is 9.52. The summed E-state index contributed by atoms with van der Waals surface area (Å²) in [6, 6.07) is 63.5. The topological polar surface area (TPSA) is 17.8 Å². The van der Waals surface area contributed by atoms with Crippen molar-refractivity contribution < 1.29 is 0 Å². The Morgan fingerprint density at radius 1 is 0.375 bits per heavy atom. The van der Waals surface area contributed by atoms with Crippen LogP contribution in [0.5, 0.6) is 0 Å². The van der Waals surface area contributed by atoms with Crippen LogP contribution in [0, 0.1) is 6.92 Å². The molecule has 0 bridgehead atoms. The molecule has 0 fully saturated rings. The van der Waals surface area contributed by atoms with Gasteiger partial charge in [-0.3, -0.25) is 4.57 Å². The van der Waals surface area contributed by atoms with Gasteiger partial charge in [0.25, 0.3) is 0 Å². The van der Waals surface area contributed by atoms with Gasteiger partial charge in [-0.15, -0.1) is 0 Å². The molecule has 226 valence electrons. The van der Waals surface area contributed by atoms with E-state index in [-0.39, 0.29) is 0 Å². The van der Waals surface area contributed by atoms with Crippen LogP contribution in [-0.4, -0.2) is 9.55 Å². The fraction of sp³-hybridized carbons (Fsp3) is 0.0217. The van der Waals surface area contributed by atoms with E-state index >= 15 is 0 Å². The first-order chi connectivity index (χ1) is 23.7. The van der Waals surface area contributed by atoms with Crippen molar-refractivity contribution in [2.24, 2.45) is 0 Å². The Labute approximate surface area is 280 Å². The van der Waals surface area contributed by atoms with Gasteiger partial charge in [-0.05, 0) is 109 Å². The highest BCUT2D eigenvalue weighted by molar-refractivity contribution is 6.22. The van der Waals surface area contributed by atoms with E-state index in [1.165, 1.54) is 66.1 Å². The molecule has 0 aliphatic rings. The molecule has 48 heavy (non-hydrogen) atoms. The van der Waals surface area contributed by atoms with Gasteiger partial charge in [-0.25, -0.2) is 4.98 Å². The predicted molar refractivity (Wildman–Crippen MR) is 203 cm³/mol. The maximum absolute atomic E-state index is 4.96. The minimum Gasteiger partial charge on any atom is -0.297 e. The summed E-state index contributed by atoms with van der Waals surface area (Å²) in [5.74, 6) is 0.973. The molecule has 0 spiro atoms. The van der Waals surface area contributed by atoms with Crippen molar-refractivity contribution in [1.29, 1.82) is 0 Å². The van der Waals surface area contributed by atoms with Crippen molar-refractivity contribution >= 4 is 32.6 Å². The lowest BCUT2D eigenvalue weighted by molar-refractivity contribution is 1.00. The van der Waals surface area contributed by atoms with E-state index in [0.29, 0.717) is 0 Å². The number of nitrogens with zero attached hydrogens (tertiary/aromatic N) is 2. The number of rotatable bonds is 5. The Kier molecular flexibility index (Phi) is 6.72. The van der Waals surface area contributed by atoms with Crippen LogP contribution in [0.2, 0.25) is 0 Å². The average molecular weight is 613 g/mol. The molecule has 0 N–H and O–H groups in total. The van der Waals surface area contributed by atoms with Gasteiger partial charge in [0.1, 0.15) is 5.82 Å². The summed E-state index contributed by atoms with van der Waals surface area (Å²) in [7, 11) is 0. The maximum atomic E-state index is 4.96. The molecular weight excluding hydrogens is 581 g/mol. The van der Waals surface area contributed by atoms with Gasteiger partial charge < -0.3 is 0 Å². The highest BCUT2D eigenvalue weighted by atomic mass is 15.1. The number of aromatic nitrogens is 2. The Morgan fingerprint density at radius 2 is 0.833 bits per heavy atom. The van der Waals surface area contributed by atoms with Crippen molar-refractivity contribution in [3.8, 4) is 50.2 Å². The minimum atomic E-state index is 0.973. The van der Waals surface area contributed by atoms with Crippen LogP contribution >= 0.6 is 0 Å². The molecule has 1 aromatic heterocycles. The number of benzene rings is 8. The summed E-state index contributed by atoms with van der Waals surface area (Å²) < 4.78 is 2.27. The summed E-state index contributed by atoms with van der Waals surface area (Å²) in [4.78, 5) is 4.96. The highest BCUT2D eigenvalue weighted by Crippen LogP contribution is 2.46. The molecule has 0 aliphatic carbocycles. The van der Waals surface area contributed by atoms with Gasteiger partial charge in [0.05, 0.1) is 11.0 Å². The monoisotopic (exact) mass is 612 g/mol. The zero-order valence-corrected chi connectivity index (χ0v) is 26.6. The number of imidazole rings is 1. The Morgan fingerprint density at radius 3 is 1.38 bits per heavy atom. The van der Waals surface area contributed by atoms with Gasteiger partial charge in [0, 0.05) is 5.69 Å². The smallest absolute Gasteiger partial charge is 0.111 e. The third kappa shape index (κ3) is 4.70. The normalized spacial score (nSPS) is 11.4. The number of aryl methyl sites for hydroxylation is 1. The average Bonchev–Trinajstić information content (AvgIpc) is 3.49. The van der Waals surface area contributed by atoms with Crippen molar-refractivity contribution in [3.63, 3.8) is 0 Å². The molecule has 0 saturated heterocycles. The summed E-state index contributed by atoms with van der Waals surface area (Å²) in [5, 5.41) is 4.94. The fourth-order valence-corrected chi connectivity index (χ4v) is 7.33. The Hall–Kier alpha value is -6.25. The molecule has 8 aromatic carbocycles. The molecule has 0 aliphatic heterocycles. The zero-order chi connectivity index (χ0) is 32.0. The van der Waals surface area contributed by atoms with Gasteiger partial charge in [0.15, 0.2) is 0 Å². The SMILES string of the molecule is Cc1nc2ccc(-c3c4ccc(-c5ccccc5)cc4c(-c4ccccc4)c4ccc(-c5ccccc5)cc34)cc2n1-c1ccccc1. The first-order valence-corrected chi connectivity index (χ1v) is 16.5. The third-order valence-corrected chi connectivity index (χ3v) is 9.52. The molecule has 0 atom stereocenters. The van der Waals surface area contributed by atoms with E-state index in [9.17, 15) is 0 Å². The van der Waals surface area contributed by atoms with Gasteiger partial charge in [0.2, 0.25) is 0 Å². The lowest BCUT2D eigenvalue weighted by Crippen LogP contribution is -1.96. The maximum Gasteiger partial charge on any atom is 0.111 e. The quantitative estimate of drug-likeness (QED) is 0.177. The Bertz CT molecular complexity index is 2580. The standard InChI is InChI=1S/C46H32N2/c1-31-47-43-27-24-37(30-44(43)48(31)38-20-12-5-13-21-38)46-40-26-23-35(32-14-6-2-7-15-32)28-41(40)45(34-18-10-4-11-19-34)39-25-22-36(29-42(39)46)33-16-8-3-9-17-33/h2-30H,1H3. The largest absolute Gasteiger partial charge is 0.297 e. The van der Waals surface area contributed by atoms with E-state index in [2.05, 4.69) is 187 Å². The summed E-state index contributed by atoms with van der Waals surface area (Å²) in [5.41, 5.74) is 12.9. The van der Waals surface area contributed by atoms with Crippen LogP contribution < -0.4 is 0 Å².